The Kier molecular flexibility index (Phi) is 3.65. The molecule has 0 bridgehead atoms. The molecule has 1 aromatic heterocycles. The van der Waals surface area contributed by atoms with Crippen molar-refractivity contribution in [3.8, 4) is 0 Å². The molecule has 1 rings (SSSR count). The number of imidazole rings is 1. The summed E-state index contributed by atoms with van der Waals surface area (Å²) in [5, 5.41) is 8.84. The molecule has 0 radical (unpaired) electrons. The quantitative estimate of drug-likeness (QED) is 0.901. The predicted molar refractivity (Wildman–Crippen MR) is 53.2 cm³/mol. The van der Waals surface area contributed by atoms with Gasteiger partial charge in [-0.3, -0.25) is 4.57 Å². The monoisotopic (exact) mass is 262 g/mol. The summed E-state index contributed by atoms with van der Waals surface area (Å²) < 4.78 is 7.23. The molecule has 78 valence electrons. The molecule has 0 aliphatic heterocycles. The molecule has 0 spiro atoms. The minimum Gasteiger partial charge on any atom is -0.475 e. The third-order valence-electron chi connectivity index (χ3n) is 1.69. The summed E-state index contributed by atoms with van der Waals surface area (Å²) >= 11 is 3.12. The van der Waals surface area contributed by atoms with Gasteiger partial charge in [-0.15, -0.1) is 0 Å². The van der Waals surface area contributed by atoms with E-state index in [-0.39, 0.29) is 12.1 Å². The van der Waals surface area contributed by atoms with E-state index in [2.05, 4.69) is 20.9 Å². The highest BCUT2D eigenvalue weighted by Gasteiger charge is 2.17. The van der Waals surface area contributed by atoms with Gasteiger partial charge in [-0.2, -0.15) is 0 Å². The van der Waals surface area contributed by atoms with Gasteiger partial charge in [0, 0.05) is 12.8 Å². The van der Waals surface area contributed by atoms with Crippen LogP contribution in [0.2, 0.25) is 0 Å². The topological polar surface area (TPSA) is 64.4 Å². The molecule has 1 heterocycles. The summed E-state index contributed by atoms with van der Waals surface area (Å²) in [5.74, 6) is -1.10. The fourth-order valence-electron chi connectivity index (χ4n) is 1.12. The van der Waals surface area contributed by atoms with E-state index in [1.807, 2.05) is 6.92 Å². The minimum absolute atomic E-state index is 0.0298. The van der Waals surface area contributed by atoms with Crippen molar-refractivity contribution < 1.29 is 14.6 Å². The Hall–Kier alpha value is -0.880. The van der Waals surface area contributed by atoms with Crippen molar-refractivity contribution in [2.24, 2.45) is 0 Å². The van der Waals surface area contributed by atoms with Gasteiger partial charge in [0.05, 0.1) is 0 Å². The van der Waals surface area contributed by atoms with Crippen molar-refractivity contribution in [1.29, 1.82) is 0 Å². The average molecular weight is 263 g/mol. The van der Waals surface area contributed by atoms with Crippen molar-refractivity contribution in [3.05, 3.63) is 16.6 Å². The van der Waals surface area contributed by atoms with Gasteiger partial charge in [0.1, 0.15) is 10.8 Å². The number of carbonyl (C=O) groups is 1. The van der Waals surface area contributed by atoms with Crippen molar-refractivity contribution in [2.45, 2.75) is 20.1 Å². The molecule has 1 aromatic rings. The number of aromatic nitrogens is 2. The lowest BCUT2D eigenvalue weighted by atomic mass is 10.5. The normalized spacial score (nSPS) is 12.8. The van der Waals surface area contributed by atoms with E-state index in [0.29, 0.717) is 11.2 Å². The van der Waals surface area contributed by atoms with Crippen LogP contribution in [0.25, 0.3) is 0 Å². The van der Waals surface area contributed by atoms with Gasteiger partial charge in [-0.1, -0.05) is 0 Å². The molecular formula is C8H11BrN2O3. The molecule has 1 unspecified atom stereocenters. The molecule has 0 aliphatic rings. The maximum absolute atomic E-state index is 10.8. The third-order valence-corrected chi connectivity index (χ3v) is 2.08. The second-order valence-electron chi connectivity index (χ2n) is 2.65. The molecule has 6 heteroatoms. The van der Waals surface area contributed by atoms with Gasteiger partial charge in [-0.05, 0) is 29.8 Å². The molecule has 0 aromatic carbocycles. The fraction of sp³-hybridized carbons (Fsp3) is 0.500. The van der Waals surface area contributed by atoms with E-state index < -0.39 is 5.97 Å². The summed E-state index contributed by atoms with van der Waals surface area (Å²) in [5.41, 5.74) is 0. The van der Waals surface area contributed by atoms with Gasteiger partial charge in [0.15, 0.2) is 0 Å². The SMILES string of the molecule is CCOC(C)n1cc(Br)nc1C(=O)O. The van der Waals surface area contributed by atoms with E-state index in [0.717, 1.165) is 0 Å². The minimum atomic E-state index is -1.07. The number of hydrogen-bond acceptors (Lipinski definition) is 3. The average Bonchev–Trinajstić information content (AvgIpc) is 2.48. The molecule has 0 amide bonds. The zero-order valence-electron chi connectivity index (χ0n) is 7.90. The van der Waals surface area contributed by atoms with Crippen LogP contribution in [0.15, 0.2) is 10.8 Å². The lowest BCUT2D eigenvalue weighted by Crippen LogP contribution is -2.15. The lowest BCUT2D eigenvalue weighted by molar-refractivity contribution is 0.0203. The van der Waals surface area contributed by atoms with Crippen LogP contribution in [0.3, 0.4) is 0 Å². The first kappa shape index (κ1) is 11.2. The number of halogens is 1. The first-order valence-corrected chi connectivity index (χ1v) is 4.94. The number of nitrogens with zero attached hydrogens (tertiary/aromatic N) is 2. The van der Waals surface area contributed by atoms with Crippen molar-refractivity contribution in [3.63, 3.8) is 0 Å². The molecule has 0 saturated carbocycles. The number of carboxylic acid groups (broad SMARTS) is 1. The highest BCUT2D eigenvalue weighted by atomic mass is 79.9. The molecule has 1 atom stereocenters. The zero-order valence-corrected chi connectivity index (χ0v) is 9.48. The highest BCUT2D eigenvalue weighted by molar-refractivity contribution is 9.10. The Balaban J connectivity index is 3.00. The van der Waals surface area contributed by atoms with Crippen LogP contribution in [-0.2, 0) is 4.74 Å². The number of ether oxygens (including phenoxy) is 1. The molecule has 14 heavy (non-hydrogen) atoms. The second-order valence-corrected chi connectivity index (χ2v) is 3.47. The Morgan fingerprint density at radius 1 is 1.86 bits per heavy atom. The fourth-order valence-corrected chi connectivity index (χ4v) is 1.51. The zero-order chi connectivity index (χ0) is 10.7. The van der Waals surface area contributed by atoms with Crippen LogP contribution in [0.5, 0.6) is 0 Å². The Labute approximate surface area is 89.8 Å². The van der Waals surface area contributed by atoms with Crippen LogP contribution in [0.1, 0.15) is 30.7 Å². The van der Waals surface area contributed by atoms with Gasteiger partial charge in [0.25, 0.3) is 0 Å². The van der Waals surface area contributed by atoms with Gasteiger partial charge in [-0.25, -0.2) is 9.78 Å². The summed E-state index contributed by atoms with van der Waals surface area (Å²) in [6, 6.07) is 0. The van der Waals surface area contributed by atoms with Gasteiger partial charge in [0.2, 0.25) is 5.82 Å². The maximum atomic E-state index is 10.8. The third kappa shape index (κ3) is 2.33. The number of aromatic carboxylic acids is 1. The first-order chi connectivity index (χ1) is 6.56. The highest BCUT2D eigenvalue weighted by Crippen LogP contribution is 2.16. The number of hydrogen-bond donors (Lipinski definition) is 1. The number of rotatable bonds is 4. The van der Waals surface area contributed by atoms with Crippen LogP contribution in [0, 0.1) is 0 Å². The molecular weight excluding hydrogens is 252 g/mol. The lowest BCUT2D eigenvalue weighted by Gasteiger charge is -2.13. The van der Waals surface area contributed by atoms with Gasteiger partial charge >= 0.3 is 5.97 Å². The Bertz CT molecular complexity index is 337. The summed E-state index contributed by atoms with van der Waals surface area (Å²) in [7, 11) is 0. The van der Waals surface area contributed by atoms with Gasteiger partial charge < -0.3 is 9.84 Å². The molecule has 1 N–H and O–H groups in total. The standard InChI is InChI=1S/C8H11BrN2O3/c1-3-14-5(2)11-4-6(9)10-7(11)8(12)13/h4-5H,3H2,1-2H3,(H,12,13). The van der Waals surface area contributed by atoms with Crippen molar-refractivity contribution >= 4 is 21.9 Å². The van der Waals surface area contributed by atoms with Crippen LogP contribution >= 0.6 is 15.9 Å². The van der Waals surface area contributed by atoms with Crippen molar-refractivity contribution in [2.75, 3.05) is 6.61 Å². The smallest absolute Gasteiger partial charge is 0.372 e. The second kappa shape index (κ2) is 4.56. The summed E-state index contributed by atoms with van der Waals surface area (Å²) in [4.78, 5) is 14.6. The maximum Gasteiger partial charge on any atom is 0.372 e. The Morgan fingerprint density at radius 2 is 2.50 bits per heavy atom. The van der Waals surface area contributed by atoms with E-state index in [1.165, 1.54) is 4.57 Å². The van der Waals surface area contributed by atoms with E-state index in [4.69, 9.17) is 9.84 Å². The molecule has 0 fully saturated rings. The van der Waals surface area contributed by atoms with E-state index in [1.54, 1.807) is 13.1 Å². The van der Waals surface area contributed by atoms with E-state index >= 15 is 0 Å². The predicted octanol–water partition coefficient (Wildman–Crippen LogP) is 1.90. The van der Waals surface area contributed by atoms with Crippen molar-refractivity contribution in [1.82, 2.24) is 9.55 Å². The number of carboxylic acids is 1. The molecule has 0 aliphatic carbocycles. The molecule has 0 saturated heterocycles. The summed E-state index contributed by atoms with van der Waals surface area (Å²) in [6.45, 7) is 4.14. The van der Waals surface area contributed by atoms with Crippen LogP contribution in [-0.4, -0.2) is 27.2 Å². The van der Waals surface area contributed by atoms with E-state index in [9.17, 15) is 4.79 Å². The largest absolute Gasteiger partial charge is 0.475 e. The first-order valence-electron chi connectivity index (χ1n) is 4.15. The van der Waals surface area contributed by atoms with Crippen LogP contribution in [0.4, 0.5) is 0 Å². The van der Waals surface area contributed by atoms with Crippen LogP contribution < -0.4 is 0 Å². The Morgan fingerprint density at radius 3 is 3.00 bits per heavy atom. The molecule has 5 nitrogen and oxygen atoms in total. The summed E-state index contributed by atoms with van der Waals surface area (Å²) in [6.07, 6.45) is 1.26.